The summed E-state index contributed by atoms with van der Waals surface area (Å²) >= 11 is 0. The van der Waals surface area contributed by atoms with E-state index >= 15 is 0 Å². The minimum absolute atomic E-state index is 0.0186. The monoisotopic (exact) mass is 428 g/mol. The van der Waals surface area contributed by atoms with Gasteiger partial charge in [-0.3, -0.25) is 9.59 Å². The van der Waals surface area contributed by atoms with Crippen LogP contribution < -0.4 is 29.2 Å². The summed E-state index contributed by atoms with van der Waals surface area (Å²) in [7, 11) is 4.50. The molecule has 0 saturated carbocycles. The Morgan fingerprint density at radius 1 is 1.06 bits per heavy atom. The predicted molar refractivity (Wildman–Crippen MR) is 117 cm³/mol. The van der Waals surface area contributed by atoms with Gasteiger partial charge in [0.1, 0.15) is 5.75 Å². The largest absolute Gasteiger partial charge is 0.494 e. The Hall–Kier alpha value is -3.42. The van der Waals surface area contributed by atoms with E-state index in [1.54, 1.807) is 17.0 Å². The molecule has 8 nitrogen and oxygen atoms in total. The van der Waals surface area contributed by atoms with Crippen LogP contribution >= 0.6 is 0 Å². The topological polar surface area (TPSA) is 86.3 Å². The van der Waals surface area contributed by atoms with E-state index in [0.717, 1.165) is 11.4 Å². The molecule has 1 N–H and O–H groups in total. The zero-order valence-electron chi connectivity index (χ0n) is 18.3. The molecule has 0 aliphatic carbocycles. The fourth-order valence-corrected chi connectivity index (χ4v) is 3.61. The summed E-state index contributed by atoms with van der Waals surface area (Å²) in [6.45, 7) is 3.45. The lowest BCUT2D eigenvalue weighted by atomic mass is 10.1. The molecule has 1 heterocycles. The summed E-state index contributed by atoms with van der Waals surface area (Å²) in [5, 5.41) is 2.91. The van der Waals surface area contributed by atoms with Crippen molar-refractivity contribution in [2.45, 2.75) is 13.3 Å². The highest BCUT2D eigenvalue weighted by Crippen LogP contribution is 2.38. The van der Waals surface area contributed by atoms with Crippen LogP contribution in [0.1, 0.15) is 23.7 Å². The molecule has 2 aromatic carbocycles. The molecule has 1 atom stereocenters. The first-order chi connectivity index (χ1) is 15.0. The fourth-order valence-electron chi connectivity index (χ4n) is 3.61. The lowest BCUT2D eigenvalue weighted by Gasteiger charge is -2.18. The summed E-state index contributed by atoms with van der Waals surface area (Å²) in [5.41, 5.74) is 1.22. The van der Waals surface area contributed by atoms with Gasteiger partial charge in [-0.1, -0.05) is 0 Å². The molecule has 1 saturated heterocycles. The molecule has 31 heavy (non-hydrogen) atoms. The molecule has 2 amide bonds. The number of amides is 2. The Labute approximate surface area is 182 Å². The maximum atomic E-state index is 12.7. The van der Waals surface area contributed by atoms with Crippen molar-refractivity contribution >= 4 is 17.5 Å². The van der Waals surface area contributed by atoms with Crippen LogP contribution in [0.2, 0.25) is 0 Å². The summed E-state index contributed by atoms with van der Waals surface area (Å²) in [6.07, 6.45) is 0.378. The van der Waals surface area contributed by atoms with Crippen LogP contribution in [-0.4, -0.2) is 52.8 Å². The van der Waals surface area contributed by atoms with Crippen molar-refractivity contribution in [2.24, 2.45) is 5.92 Å². The van der Waals surface area contributed by atoms with Crippen molar-refractivity contribution in [1.82, 2.24) is 5.32 Å². The second kappa shape index (κ2) is 10.1. The lowest BCUT2D eigenvalue weighted by Crippen LogP contribution is -2.31. The average Bonchev–Trinajstić information content (AvgIpc) is 3.17. The van der Waals surface area contributed by atoms with Gasteiger partial charge in [-0.15, -0.1) is 0 Å². The van der Waals surface area contributed by atoms with Gasteiger partial charge in [0.25, 0.3) is 5.91 Å². The highest BCUT2D eigenvalue weighted by atomic mass is 16.5. The average molecular weight is 428 g/mol. The van der Waals surface area contributed by atoms with E-state index in [4.69, 9.17) is 18.9 Å². The number of nitrogens with one attached hydrogen (secondary N) is 1. The van der Waals surface area contributed by atoms with Gasteiger partial charge in [0.2, 0.25) is 11.7 Å². The van der Waals surface area contributed by atoms with Crippen LogP contribution in [0.25, 0.3) is 0 Å². The zero-order chi connectivity index (χ0) is 22.4. The van der Waals surface area contributed by atoms with Gasteiger partial charge in [-0.25, -0.2) is 0 Å². The van der Waals surface area contributed by atoms with Gasteiger partial charge in [0.15, 0.2) is 11.5 Å². The minimum Gasteiger partial charge on any atom is -0.494 e. The van der Waals surface area contributed by atoms with Crippen LogP contribution in [-0.2, 0) is 4.79 Å². The standard InChI is InChI=1S/C23H28N2O6/c1-5-31-18-8-6-17(7-9-18)25-14-15(10-21(25)26)13-24-23(27)16-11-19(28-2)22(30-4)20(12-16)29-3/h6-9,11-12,15H,5,10,13-14H2,1-4H3,(H,24,27). The number of benzene rings is 2. The number of rotatable bonds is 9. The number of ether oxygens (including phenoxy) is 4. The maximum absolute atomic E-state index is 12.7. The third-order valence-corrected chi connectivity index (χ3v) is 5.14. The Morgan fingerprint density at radius 3 is 2.26 bits per heavy atom. The summed E-state index contributed by atoms with van der Waals surface area (Å²) < 4.78 is 21.3. The van der Waals surface area contributed by atoms with Crippen molar-refractivity contribution in [3.05, 3.63) is 42.0 Å². The molecule has 1 aliphatic rings. The van der Waals surface area contributed by atoms with Crippen LogP contribution in [0.5, 0.6) is 23.0 Å². The molecule has 8 heteroatoms. The van der Waals surface area contributed by atoms with Crippen molar-refractivity contribution in [2.75, 3.05) is 45.9 Å². The molecule has 1 unspecified atom stereocenters. The number of hydrogen-bond donors (Lipinski definition) is 1. The van der Waals surface area contributed by atoms with Gasteiger partial charge in [-0.05, 0) is 43.3 Å². The van der Waals surface area contributed by atoms with E-state index in [2.05, 4.69) is 5.32 Å². The van der Waals surface area contributed by atoms with Gasteiger partial charge >= 0.3 is 0 Å². The first-order valence-corrected chi connectivity index (χ1v) is 10.1. The molecular weight excluding hydrogens is 400 g/mol. The van der Waals surface area contributed by atoms with E-state index in [1.807, 2.05) is 31.2 Å². The van der Waals surface area contributed by atoms with Gasteiger partial charge in [0, 0.05) is 36.7 Å². The van der Waals surface area contributed by atoms with E-state index < -0.39 is 0 Å². The second-order valence-electron chi connectivity index (χ2n) is 7.13. The Kier molecular flexibility index (Phi) is 7.23. The summed E-state index contributed by atoms with van der Waals surface area (Å²) in [6, 6.07) is 10.7. The van der Waals surface area contributed by atoms with Crippen LogP contribution in [0.15, 0.2) is 36.4 Å². The molecule has 3 rings (SSSR count). The Morgan fingerprint density at radius 2 is 1.71 bits per heavy atom. The number of nitrogens with zero attached hydrogens (tertiary/aromatic N) is 1. The molecule has 1 aliphatic heterocycles. The molecule has 0 radical (unpaired) electrons. The first kappa shape index (κ1) is 22.3. The SMILES string of the molecule is CCOc1ccc(N2CC(CNC(=O)c3cc(OC)c(OC)c(OC)c3)CC2=O)cc1. The van der Waals surface area contributed by atoms with E-state index in [1.165, 1.54) is 21.3 Å². The zero-order valence-corrected chi connectivity index (χ0v) is 18.3. The first-order valence-electron chi connectivity index (χ1n) is 10.1. The molecule has 0 aromatic heterocycles. The van der Waals surface area contributed by atoms with Gasteiger partial charge < -0.3 is 29.2 Å². The normalized spacial score (nSPS) is 15.5. The van der Waals surface area contributed by atoms with E-state index in [-0.39, 0.29) is 17.7 Å². The highest BCUT2D eigenvalue weighted by molar-refractivity contribution is 5.97. The Bertz CT molecular complexity index is 903. The number of carbonyl (C=O) groups excluding carboxylic acids is 2. The lowest BCUT2D eigenvalue weighted by molar-refractivity contribution is -0.117. The highest BCUT2D eigenvalue weighted by Gasteiger charge is 2.31. The summed E-state index contributed by atoms with van der Waals surface area (Å²) in [5.74, 6) is 1.79. The number of carbonyl (C=O) groups is 2. The predicted octanol–water partition coefficient (Wildman–Crippen LogP) is 2.89. The third-order valence-electron chi connectivity index (χ3n) is 5.14. The van der Waals surface area contributed by atoms with Crippen molar-refractivity contribution in [3.8, 4) is 23.0 Å². The molecule has 166 valence electrons. The van der Waals surface area contributed by atoms with Crippen LogP contribution in [0.4, 0.5) is 5.69 Å². The van der Waals surface area contributed by atoms with Crippen molar-refractivity contribution in [3.63, 3.8) is 0 Å². The molecule has 1 fully saturated rings. The molecule has 2 aromatic rings. The number of methoxy groups -OCH3 is 3. The quantitative estimate of drug-likeness (QED) is 0.661. The van der Waals surface area contributed by atoms with Crippen LogP contribution in [0, 0.1) is 5.92 Å². The molecule has 0 spiro atoms. The van der Waals surface area contributed by atoms with Gasteiger partial charge in [-0.2, -0.15) is 0 Å². The minimum atomic E-state index is -0.272. The van der Waals surface area contributed by atoms with E-state index in [9.17, 15) is 9.59 Å². The fraction of sp³-hybridized carbons (Fsp3) is 0.391. The number of hydrogen-bond acceptors (Lipinski definition) is 6. The molecule has 0 bridgehead atoms. The smallest absolute Gasteiger partial charge is 0.251 e. The van der Waals surface area contributed by atoms with Crippen LogP contribution in [0.3, 0.4) is 0 Å². The number of anilines is 1. The van der Waals surface area contributed by atoms with Crippen molar-refractivity contribution in [1.29, 1.82) is 0 Å². The molecular formula is C23H28N2O6. The maximum Gasteiger partial charge on any atom is 0.251 e. The van der Waals surface area contributed by atoms with E-state index in [0.29, 0.717) is 48.9 Å². The Balaban J connectivity index is 1.63. The summed E-state index contributed by atoms with van der Waals surface area (Å²) in [4.78, 5) is 26.9. The second-order valence-corrected chi connectivity index (χ2v) is 7.13. The third kappa shape index (κ3) is 5.02. The van der Waals surface area contributed by atoms with Crippen molar-refractivity contribution < 1.29 is 28.5 Å². The van der Waals surface area contributed by atoms with Gasteiger partial charge in [0.05, 0.1) is 27.9 Å².